The highest BCUT2D eigenvalue weighted by molar-refractivity contribution is 7.98. The first-order chi connectivity index (χ1) is 13.9. The van der Waals surface area contributed by atoms with Crippen LogP contribution in [0.1, 0.15) is 49.6 Å². The van der Waals surface area contributed by atoms with Crippen LogP contribution in [0.3, 0.4) is 0 Å². The van der Waals surface area contributed by atoms with Crippen LogP contribution in [0.2, 0.25) is 0 Å². The van der Waals surface area contributed by atoms with Gasteiger partial charge in [-0.2, -0.15) is 18.3 Å². The van der Waals surface area contributed by atoms with Crippen LogP contribution in [0.15, 0.2) is 29.9 Å². The van der Waals surface area contributed by atoms with Crippen molar-refractivity contribution in [1.82, 2.24) is 14.8 Å². The Morgan fingerprint density at radius 1 is 1.37 bits per heavy atom. The summed E-state index contributed by atoms with van der Waals surface area (Å²) in [4.78, 5) is 4.14. The second kappa shape index (κ2) is 8.20. The molecule has 3 rings (SSSR count). The molecule has 164 valence electrons. The summed E-state index contributed by atoms with van der Waals surface area (Å²) in [6.07, 6.45) is -2.00. The molecule has 30 heavy (non-hydrogen) atoms. The van der Waals surface area contributed by atoms with Crippen molar-refractivity contribution in [2.45, 2.75) is 56.3 Å². The first-order valence-electron chi connectivity index (χ1n) is 9.43. The average molecular weight is 446 g/mol. The lowest BCUT2D eigenvalue weighted by Gasteiger charge is -2.35. The lowest BCUT2D eigenvalue weighted by atomic mass is 9.81. The van der Waals surface area contributed by atoms with Crippen LogP contribution >= 0.6 is 11.8 Å². The van der Waals surface area contributed by atoms with Gasteiger partial charge in [-0.15, -0.1) is 11.8 Å². The van der Waals surface area contributed by atoms with Gasteiger partial charge in [0, 0.05) is 31.3 Å². The van der Waals surface area contributed by atoms with E-state index in [0.717, 1.165) is 0 Å². The largest absolute Gasteiger partial charge is 0.420 e. The molecule has 2 aromatic rings. The number of hydrogen-bond donors (Lipinski definition) is 1. The van der Waals surface area contributed by atoms with E-state index in [1.54, 1.807) is 32.2 Å². The highest BCUT2D eigenvalue weighted by atomic mass is 32.2. The number of aromatic nitrogens is 3. The molecule has 4 nitrogen and oxygen atoms in total. The number of halogens is 5. The number of anilines is 1. The Morgan fingerprint density at radius 2 is 2.03 bits per heavy atom. The van der Waals surface area contributed by atoms with E-state index in [4.69, 9.17) is 0 Å². The number of rotatable bonds is 7. The van der Waals surface area contributed by atoms with Gasteiger partial charge in [0.1, 0.15) is 5.56 Å². The van der Waals surface area contributed by atoms with Gasteiger partial charge in [0.05, 0.1) is 22.1 Å². The summed E-state index contributed by atoms with van der Waals surface area (Å²) in [5, 5.41) is 7.77. The van der Waals surface area contributed by atoms with Crippen LogP contribution in [0.25, 0.3) is 5.70 Å². The minimum Gasteiger partial charge on any atom is -0.354 e. The molecule has 0 saturated heterocycles. The SMILES string of the molecule is C=C(Nc1ccnc(SC)c1)c1c(C(F)(F)F)c(C(C)C)nn1CC1CC(F)(F)C1. The Morgan fingerprint density at radius 3 is 2.57 bits per heavy atom. The summed E-state index contributed by atoms with van der Waals surface area (Å²) in [6.45, 7) is 7.03. The zero-order valence-corrected chi connectivity index (χ0v) is 17.7. The molecule has 1 aliphatic carbocycles. The van der Waals surface area contributed by atoms with Gasteiger partial charge in [0.2, 0.25) is 5.92 Å². The standard InChI is InChI=1S/C20H23F5N4S/c1-11(2)17-16(20(23,24)25)18(29(28-17)10-13-8-19(21,22)9-13)12(3)27-14-5-6-26-15(7-14)30-4/h5-7,11,13H,3,8-10H2,1-2,4H3,(H,26,27). The van der Waals surface area contributed by atoms with Crippen LogP contribution in [-0.4, -0.2) is 26.9 Å². The van der Waals surface area contributed by atoms with E-state index in [2.05, 4.69) is 22.0 Å². The second-order valence-corrected chi connectivity index (χ2v) is 8.59. The Kier molecular flexibility index (Phi) is 6.18. The Labute approximate surface area is 175 Å². The zero-order chi connectivity index (χ0) is 22.3. The van der Waals surface area contributed by atoms with Gasteiger partial charge in [0.25, 0.3) is 0 Å². The van der Waals surface area contributed by atoms with Crippen molar-refractivity contribution in [3.63, 3.8) is 0 Å². The fourth-order valence-electron chi connectivity index (χ4n) is 3.59. The fraction of sp³-hybridized carbons (Fsp3) is 0.500. The third-order valence-electron chi connectivity index (χ3n) is 4.94. The van der Waals surface area contributed by atoms with Crippen molar-refractivity contribution in [3.8, 4) is 0 Å². The van der Waals surface area contributed by atoms with Crippen LogP contribution in [0, 0.1) is 5.92 Å². The highest BCUT2D eigenvalue weighted by Crippen LogP contribution is 2.45. The van der Waals surface area contributed by atoms with E-state index >= 15 is 0 Å². The van der Waals surface area contributed by atoms with Gasteiger partial charge in [-0.3, -0.25) is 4.68 Å². The van der Waals surface area contributed by atoms with Gasteiger partial charge in [-0.1, -0.05) is 20.4 Å². The lowest BCUT2D eigenvalue weighted by Crippen LogP contribution is -2.38. The van der Waals surface area contributed by atoms with E-state index in [1.807, 2.05) is 6.26 Å². The molecular weight excluding hydrogens is 423 g/mol. The predicted molar refractivity (Wildman–Crippen MR) is 108 cm³/mol. The third-order valence-corrected chi connectivity index (χ3v) is 5.58. The van der Waals surface area contributed by atoms with Gasteiger partial charge in [-0.05, 0) is 30.2 Å². The molecule has 0 radical (unpaired) electrons. The molecule has 0 bridgehead atoms. The molecule has 1 saturated carbocycles. The molecule has 10 heteroatoms. The van der Waals surface area contributed by atoms with E-state index < -0.39 is 29.5 Å². The fourth-order valence-corrected chi connectivity index (χ4v) is 4.00. The van der Waals surface area contributed by atoms with E-state index in [-0.39, 0.29) is 36.5 Å². The number of hydrogen-bond acceptors (Lipinski definition) is 4. The van der Waals surface area contributed by atoms with E-state index in [9.17, 15) is 22.0 Å². The summed E-state index contributed by atoms with van der Waals surface area (Å²) >= 11 is 1.39. The number of nitrogens with zero attached hydrogens (tertiary/aromatic N) is 3. The maximum atomic E-state index is 14.0. The maximum absolute atomic E-state index is 14.0. The van der Waals surface area contributed by atoms with Crippen molar-refractivity contribution in [1.29, 1.82) is 0 Å². The molecule has 0 amide bonds. The first-order valence-corrected chi connectivity index (χ1v) is 10.7. The Hall–Kier alpha value is -2.10. The zero-order valence-electron chi connectivity index (χ0n) is 16.9. The number of nitrogens with one attached hydrogen (secondary N) is 1. The molecule has 0 atom stereocenters. The normalized spacial score (nSPS) is 16.6. The van der Waals surface area contributed by atoms with Crippen molar-refractivity contribution in [2.75, 3.05) is 11.6 Å². The molecule has 1 N–H and O–H groups in total. The van der Waals surface area contributed by atoms with Gasteiger partial charge in [-0.25, -0.2) is 13.8 Å². The number of alkyl halides is 5. The number of thioether (sulfide) groups is 1. The maximum Gasteiger partial charge on any atom is 0.420 e. The third kappa shape index (κ3) is 4.79. The number of pyridine rings is 1. The summed E-state index contributed by atoms with van der Waals surface area (Å²) < 4.78 is 69.7. The molecule has 2 heterocycles. The molecule has 0 spiro atoms. The van der Waals surface area contributed by atoms with Crippen molar-refractivity contribution in [2.24, 2.45) is 5.92 Å². The summed E-state index contributed by atoms with van der Waals surface area (Å²) in [6, 6.07) is 3.31. The van der Waals surface area contributed by atoms with Crippen LogP contribution in [0.5, 0.6) is 0 Å². The minimum atomic E-state index is -4.66. The summed E-state index contributed by atoms with van der Waals surface area (Å²) in [5.74, 6) is -3.69. The van der Waals surface area contributed by atoms with Crippen LogP contribution in [0.4, 0.5) is 27.6 Å². The van der Waals surface area contributed by atoms with Gasteiger partial charge in [0.15, 0.2) is 0 Å². The topological polar surface area (TPSA) is 42.7 Å². The first kappa shape index (κ1) is 22.6. The molecular formula is C20H23F5N4S. The molecule has 0 aromatic carbocycles. The lowest BCUT2D eigenvalue weighted by molar-refractivity contribution is -0.138. The molecule has 0 unspecified atom stereocenters. The smallest absolute Gasteiger partial charge is 0.354 e. The molecule has 0 aliphatic heterocycles. The second-order valence-electron chi connectivity index (χ2n) is 7.76. The molecule has 2 aromatic heterocycles. The van der Waals surface area contributed by atoms with E-state index in [0.29, 0.717) is 10.7 Å². The minimum absolute atomic E-state index is 0.00561. The van der Waals surface area contributed by atoms with Crippen molar-refractivity contribution >= 4 is 23.1 Å². The summed E-state index contributed by atoms with van der Waals surface area (Å²) in [5.41, 5.74) is -0.678. The Balaban J connectivity index is 2.01. The molecule has 1 aliphatic rings. The van der Waals surface area contributed by atoms with Crippen molar-refractivity contribution < 1.29 is 22.0 Å². The van der Waals surface area contributed by atoms with Gasteiger partial charge >= 0.3 is 6.18 Å². The quantitative estimate of drug-likeness (QED) is 0.402. The predicted octanol–water partition coefficient (Wildman–Crippen LogP) is 6.27. The average Bonchev–Trinajstić information content (AvgIpc) is 3.00. The summed E-state index contributed by atoms with van der Waals surface area (Å²) in [7, 11) is 0. The van der Waals surface area contributed by atoms with Gasteiger partial charge < -0.3 is 5.32 Å². The highest BCUT2D eigenvalue weighted by Gasteiger charge is 2.47. The van der Waals surface area contributed by atoms with E-state index in [1.165, 1.54) is 16.4 Å². The molecule has 1 fully saturated rings. The monoisotopic (exact) mass is 446 g/mol. The van der Waals surface area contributed by atoms with Crippen molar-refractivity contribution in [3.05, 3.63) is 41.9 Å². The Bertz CT molecular complexity index is 928. The van der Waals surface area contributed by atoms with Crippen LogP contribution < -0.4 is 5.32 Å². The van der Waals surface area contributed by atoms with Crippen LogP contribution in [-0.2, 0) is 12.7 Å².